The zero-order valence-electron chi connectivity index (χ0n) is 10.8. The van der Waals surface area contributed by atoms with Crippen LogP contribution in [0.5, 0.6) is 0 Å². The highest BCUT2D eigenvalue weighted by atomic mass is 32.2. The van der Waals surface area contributed by atoms with Gasteiger partial charge in [-0.15, -0.1) is 0 Å². The summed E-state index contributed by atoms with van der Waals surface area (Å²) in [6.45, 7) is 6.11. The summed E-state index contributed by atoms with van der Waals surface area (Å²) in [6, 6.07) is 0. The molecule has 98 valence electrons. The molecule has 7 heteroatoms. The monoisotopic (exact) mass is 269 g/mol. The van der Waals surface area contributed by atoms with Gasteiger partial charge in [-0.25, -0.2) is 4.98 Å². The van der Waals surface area contributed by atoms with Crippen molar-refractivity contribution in [3.63, 3.8) is 0 Å². The molecule has 0 aliphatic rings. The molecule has 0 saturated carbocycles. The number of nitrogens with zero attached hydrogens (tertiary/aromatic N) is 3. The molecular formula is C11H15N3O3S. The van der Waals surface area contributed by atoms with Gasteiger partial charge >= 0.3 is 0 Å². The van der Waals surface area contributed by atoms with Gasteiger partial charge in [-0.1, -0.05) is 16.9 Å². The summed E-state index contributed by atoms with van der Waals surface area (Å²) in [5.74, 6) is 1.91. The second-order valence-electron chi connectivity index (χ2n) is 3.86. The summed E-state index contributed by atoms with van der Waals surface area (Å²) in [5.41, 5.74) is 0.898. The van der Waals surface area contributed by atoms with Crippen molar-refractivity contribution >= 4 is 11.8 Å². The predicted molar refractivity (Wildman–Crippen MR) is 65.3 cm³/mol. The Morgan fingerprint density at radius 1 is 1.33 bits per heavy atom. The first-order valence-corrected chi connectivity index (χ1v) is 6.40. The maximum Gasteiger partial charge on any atom is 0.256 e. The van der Waals surface area contributed by atoms with E-state index in [0.717, 1.165) is 11.5 Å². The van der Waals surface area contributed by atoms with Crippen LogP contribution in [0.2, 0.25) is 0 Å². The van der Waals surface area contributed by atoms with Gasteiger partial charge in [-0.05, 0) is 20.8 Å². The summed E-state index contributed by atoms with van der Waals surface area (Å²) < 4.78 is 15.6. The van der Waals surface area contributed by atoms with E-state index in [4.69, 9.17) is 13.7 Å². The molecule has 0 aromatic carbocycles. The summed E-state index contributed by atoms with van der Waals surface area (Å²) in [7, 11) is 1.59. The SMILES string of the molecule is COCc1noc([C@@H](C)Sc2nc(C)c(C)o2)n1. The van der Waals surface area contributed by atoms with Gasteiger partial charge in [0, 0.05) is 7.11 Å². The lowest BCUT2D eigenvalue weighted by Gasteiger charge is -2.01. The number of hydrogen-bond acceptors (Lipinski definition) is 7. The molecule has 1 atom stereocenters. The highest BCUT2D eigenvalue weighted by Crippen LogP contribution is 2.34. The number of rotatable bonds is 5. The van der Waals surface area contributed by atoms with Crippen molar-refractivity contribution in [2.75, 3.05) is 7.11 Å². The van der Waals surface area contributed by atoms with Crippen LogP contribution in [0.1, 0.15) is 35.3 Å². The van der Waals surface area contributed by atoms with Crippen molar-refractivity contribution in [2.24, 2.45) is 0 Å². The molecule has 0 radical (unpaired) electrons. The van der Waals surface area contributed by atoms with Gasteiger partial charge < -0.3 is 13.7 Å². The molecule has 0 amide bonds. The van der Waals surface area contributed by atoms with E-state index >= 15 is 0 Å². The van der Waals surface area contributed by atoms with Crippen molar-refractivity contribution in [3.8, 4) is 0 Å². The average Bonchev–Trinajstić information content (AvgIpc) is 2.88. The Labute approximate surface area is 109 Å². The Bertz CT molecular complexity index is 504. The normalized spacial score (nSPS) is 12.9. The summed E-state index contributed by atoms with van der Waals surface area (Å²) in [6.07, 6.45) is 0. The van der Waals surface area contributed by atoms with E-state index < -0.39 is 0 Å². The average molecular weight is 269 g/mol. The molecule has 0 aliphatic heterocycles. The second kappa shape index (κ2) is 5.53. The Morgan fingerprint density at radius 3 is 2.72 bits per heavy atom. The maximum atomic E-state index is 5.50. The molecule has 0 spiro atoms. The van der Waals surface area contributed by atoms with Gasteiger partial charge in [-0.2, -0.15) is 4.98 Å². The minimum absolute atomic E-state index is 0.0134. The molecule has 2 heterocycles. The topological polar surface area (TPSA) is 74.2 Å². The highest BCUT2D eigenvalue weighted by Gasteiger charge is 2.18. The van der Waals surface area contributed by atoms with Gasteiger partial charge in [-0.3, -0.25) is 0 Å². The molecule has 0 aliphatic carbocycles. The fourth-order valence-electron chi connectivity index (χ4n) is 1.32. The van der Waals surface area contributed by atoms with Crippen molar-refractivity contribution < 1.29 is 13.7 Å². The van der Waals surface area contributed by atoms with Crippen LogP contribution in [-0.4, -0.2) is 22.2 Å². The van der Waals surface area contributed by atoms with E-state index in [1.165, 1.54) is 11.8 Å². The van der Waals surface area contributed by atoms with E-state index in [1.807, 2.05) is 20.8 Å². The Morgan fingerprint density at radius 2 is 2.11 bits per heavy atom. The molecule has 0 unspecified atom stereocenters. The zero-order valence-corrected chi connectivity index (χ0v) is 11.6. The van der Waals surface area contributed by atoms with Crippen LogP contribution >= 0.6 is 11.8 Å². The van der Waals surface area contributed by atoms with Crippen LogP contribution in [-0.2, 0) is 11.3 Å². The minimum atomic E-state index is -0.0134. The lowest BCUT2D eigenvalue weighted by Crippen LogP contribution is -1.92. The molecule has 2 aromatic heterocycles. The minimum Gasteiger partial charge on any atom is -0.437 e. The number of aromatic nitrogens is 3. The lowest BCUT2D eigenvalue weighted by molar-refractivity contribution is 0.174. The first-order chi connectivity index (χ1) is 8.60. The van der Waals surface area contributed by atoms with E-state index in [2.05, 4.69) is 15.1 Å². The molecule has 0 fully saturated rings. The fourth-order valence-corrected chi connectivity index (χ4v) is 2.18. The number of thioether (sulfide) groups is 1. The van der Waals surface area contributed by atoms with Crippen LogP contribution in [0.4, 0.5) is 0 Å². The number of hydrogen-bond donors (Lipinski definition) is 0. The molecule has 0 N–H and O–H groups in total. The third-order valence-corrected chi connectivity index (χ3v) is 3.32. The third kappa shape index (κ3) is 2.91. The molecule has 2 aromatic rings. The predicted octanol–water partition coefficient (Wildman–Crippen LogP) is 2.67. The summed E-state index contributed by atoms with van der Waals surface area (Å²) in [5, 5.41) is 4.42. The van der Waals surface area contributed by atoms with Crippen molar-refractivity contribution in [3.05, 3.63) is 23.2 Å². The molecule has 18 heavy (non-hydrogen) atoms. The van der Waals surface area contributed by atoms with Gasteiger partial charge in [0.05, 0.1) is 10.9 Å². The third-order valence-electron chi connectivity index (χ3n) is 2.39. The first kappa shape index (κ1) is 13.1. The van der Waals surface area contributed by atoms with Crippen molar-refractivity contribution in [1.29, 1.82) is 0 Å². The van der Waals surface area contributed by atoms with Gasteiger partial charge in [0.15, 0.2) is 5.82 Å². The first-order valence-electron chi connectivity index (χ1n) is 5.52. The lowest BCUT2D eigenvalue weighted by atomic mass is 10.4. The number of oxazole rings is 1. The quantitative estimate of drug-likeness (QED) is 0.772. The van der Waals surface area contributed by atoms with E-state index in [0.29, 0.717) is 23.5 Å². The van der Waals surface area contributed by atoms with Crippen LogP contribution in [0, 0.1) is 13.8 Å². The van der Waals surface area contributed by atoms with Crippen LogP contribution in [0.3, 0.4) is 0 Å². The van der Waals surface area contributed by atoms with Crippen molar-refractivity contribution in [2.45, 2.75) is 37.9 Å². The largest absolute Gasteiger partial charge is 0.437 e. The molecule has 0 saturated heterocycles. The molecule has 6 nitrogen and oxygen atoms in total. The molecule has 0 bridgehead atoms. The molecule has 2 rings (SSSR count). The van der Waals surface area contributed by atoms with Gasteiger partial charge in [0.2, 0.25) is 5.89 Å². The van der Waals surface area contributed by atoms with Gasteiger partial charge in [0.25, 0.3) is 5.22 Å². The Balaban J connectivity index is 2.04. The van der Waals surface area contributed by atoms with Crippen LogP contribution in [0.25, 0.3) is 0 Å². The van der Waals surface area contributed by atoms with Crippen molar-refractivity contribution in [1.82, 2.24) is 15.1 Å². The van der Waals surface area contributed by atoms with E-state index in [9.17, 15) is 0 Å². The second-order valence-corrected chi connectivity index (χ2v) is 5.16. The highest BCUT2D eigenvalue weighted by molar-refractivity contribution is 7.99. The smallest absolute Gasteiger partial charge is 0.256 e. The van der Waals surface area contributed by atoms with E-state index in [1.54, 1.807) is 7.11 Å². The van der Waals surface area contributed by atoms with Crippen LogP contribution in [0.15, 0.2) is 14.2 Å². The number of methoxy groups -OCH3 is 1. The molecular weight excluding hydrogens is 254 g/mol. The zero-order chi connectivity index (χ0) is 13.1. The van der Waals surface area contributed by atoms with E-state index in [-0.39, 0.29) is 5.25 Å². The summed E-state index contributed by atoms with van der Waals surface area (Å²) in [4.78, 5) is 8.53. The number of ether oxygens (including phenoxy) is 1. The fraction of sp³-hybridized carbons (Fsp3) is 0.545. The maximum absolute atomic E-state index is 5.50. The standard InChI is InChI=1S/C11H15N3O3S/c1-6-7(2)16-11(12-6)18-8(3)10-13-9(5-15-4)14-17-10/h8H,5H2,1-4H3/t8-/m1/s1. The Hall–Kier alpha value is -1.34. The van der Waals surface area contributed by atoms with Crippen LogP contribution < -0.4 is 0 Å². The number of aryl methyl sites for hydroxylation is 2. The Kier molecular flexibility index (Phi) is 4.03. The van der Waals surface area contributed by atoms with Gasteiger partial charge in [0.1, 0.15) is 12.4 Å². The summed E-state index contributed by atoms with van der Waals surface area (Å²) >= 11 is 1.45.